The Morgan fingerprint density at radius 1 is 1.47 bits per heavy atom. The second-order valence-electron chi connectivity index (χ2n) is 5.14. The Bertz CT molecular complexity index is 383. The number of carbonyl (C=O) groups excluding carboxylic acids is 1. The largest absolute Gasteiger partial charge is 0.294 e. The first-order valence-corrected chi connectivity index (χ1v) is 6.81. The molecule has 1 aliphatic carbocycles. The van der Waals surface area contributed by atoms with Crippen molar-refractivity contribution in [2.75, 3.05) is 0 Å². The third kappa shape index (κ3) is 2.76. The molecule has 1 fully saturated rings. The number of hydrogen-bond donors (Lipinski definition) is 0. The molecule has 94 valence electrons. The maximum absolute atomic E-state index is 12.3. The van der Waals surface area contributed by atoms with Gasteiger partial charge in [0, 0.05) is 18.7 Å². The Balaban J connectivity index is 1.99. The molecule has 0 aromatic carbocycles. The average Bonchev–Trinajstić information content (AvgIpc) is 2.97. The third-order valence-corrected chi connectivity index (χ3v) is 3.86. The van der Waals surface area contributed by atoms with Gasteiger partial charge in [0.05, 0.1) is 11.8 Å². The second-order valence-corrected chi connectivity index (χ2v) is 5.14. The molecule has 0 bridgehead atoms. The summed E-state index contributed by atoms with van der Waals surface area (Å²) in [6.45, 7) is 5.23. The number of ketones is 1. The number of rotatable bonds is 5. The molecule has 0 saturated heterocycles. The van der Waals surface area contributed by atoms with E-state index in [0.717, 1.165) is 37.3 Å². The summed E-state index contributed by atoms with van der Waals surface area (Å²) in [4.78, 5) is 12.3. The van der Waals surface area contributed by atoms with Gasteiger partial charge in [0.2, 0.25) is 0 Å². The lowest BCUT2D eigenvalue weighted by Gasteiger charge is -2.07. The summed E-state index contributed by atoms with van der Waals surface area (Å²) in [5.74, 6) is 1.32. The average molecular weight is 234 g/mol. The van der Waals surface area contributed by atoms with E-state index in [1.807, 2.05) is 10.9 Å². The fourth-order valence-corrected chi connectivity index (χ4v) is 2.76. The van der Waals surface area contributed by atoms with Crippen molar-refractivity contribution in [2.45, 2.75) is 52.5 Å². The second kappa shape index (κ2) is 5.48. The van der Waals surface area contributed by atoms with Crippen LogP contribution in [0.5, 0.6) is 0 Å². The van der Waals surface area contributed by atoms with Crippen LogP contribution in [0.2, 0.25) is 0 Å². The first kappa shape index (κ1) is 12.3. The van der Waals surface area contributed by atoms with Crippen molar-refractivity contribution in [1.82, 2.24) is 9.78 Å². The van der Waals surface area contributed by atoms with Crippen molar-refractivity contribution in [3.05, 3.63) is 18.0 Å². The lowest BCUT2D eigenvalue weighted by Crippen LogP contribution is -2.11. The number of hydrogen-bond acceptors (Lipinski definition) is 2. The highest BCUT2D eigenvalue weighted by Crippen LogP contribution is 2.34. The predicted molar refractivity (Wildman–Crippen MR) is 68.0 cm³/mol. The van der Waals surface area contributed by atoms with Crippen molar-refractivity contribution < 1.29 is 4.79 Å². The fraction of sp³-hybridized carbons (Fsp3) is 0.714. The summed E-state index contributed by atoms with van der Waals surface area (Å²) >= 11 is 0. The van der Waals surface area contributed by atoms with Gasteiger partial charge in [-0.05, 0) is 31.6 Å². The van der Waals surface area contributed by atoms with E-state index < -0.39 is 0 Å². The van der Waals surface area contributed by atoms with E-state index in [0.29, 0.717) is 5.78 Å². The van der Waals surface area contributed by atoms with Crippen LogP contribution >= 0.6 is 0 Å². The van der Waals surface area contributed by atoms with Gasteiger partial charge in [0.25, 0.3) is 0 Å². The van der Waals surface area contributed by atoms with E-state index >= 15 is 0 Å². The van der Waals surface area contributed by atoms with Crippen molar-refractivity contribution in [3.63, 3.8) is 0 Å². The van der Waals surface area contributed by atoms with E-state index in [1.54, 1.807) is 6.20 Å². The van der Waals surface area contributed by atoms with E-state index in [-0.39, 0.29) is 5.92 Å². The Labute approximate surface area is 103 Å². The molecule has 1 saturated carbocycles. The molecule has 0 spiro atoms. The molecular weight excluding hydrogens is 212 g/mol. The molecule has 0 N–H and O–H groups in total. The Morgan fingerprint density at radius 3 is 2.94 bits per heavy atom. The minimum atomic E-state index is 0.249. The molecule has 0 amide bonds. The molecule has 2 unspecified atom stereocenters. The summed E-state index contributed by atoms with van der Waals surface area (Å²) in [5.41, 5.74) is 0.806. The summed E-state index contributed by atoms with van der Waals surface area (Å²) in [7, 11) is 0. The van der Waals surface area contributed by atoms with Gasteiger partial charge in [0.15, 0.2) is 5.78 Å². The maximum atomic E-state index is 12.3. The van der Waals surface area contributed by atoms with Gasteiger partial charge in [-0.1, -0.05) is 20.3 Å². The zero-order chi connectivity index (χ0) is 12.3. The molecule has 1 aromatic heterocycles. The normalized spacial score (nSPS) is 24.1. The number of nitrogens with zero attached hydrogens (tertiary/aromatic N) is 2. The zero-order valence-corrected chi connectivity index (χ0v) is 10.9. The molecule has 17 heavy (non-hydrogen) atoms. The molecule has 1 aliphatic rings. The number of aryl methyl sites for hydroxylation is 1. The van der Waals surface area contributed by atoms with Crippen LogP contribution in [-0.2, 0) is 6.54 Å². The predicted octanol–water partition coefficient (Wildman–Crippen LogP) is 3.30. The minimum Gasteiger partial charge on any atom is -0.294 e. The molecular formula is C14H22N2O. The fourth-order valence-electron chi connectivity index (χ4n) is 2.76. The molecule has 3 nitrogen and oxygen atoms in total. The standard InChI is InChI=1S/C14H22N2O/c1-3-7-16-10-13(9-15-16)14(17)12-6-5-11(4-2)8-12/h9-12H,3-8H2,1-2H3. The van der Waals surface area contributed by atoms with Crippen molar-refractivity contribution in [3.8, 4) is 0 Å². The van der Waals surface area contributed by atoms with Crippen LogP contribution in [0.3, 0.4) is 0 Å². The highest BCUT2D eigenvalue weighted by molar-refractivity contribution is 5.97. The van der Waals surface area contributed by atoms with Crippen LogP contribution in [0, 0.1) is 11.8 Å². The van der Waals surface area contributed by atoms with Crippen LogP contribution < -0.4 is 0 Å². The van der Waals surface area contributed by atoms with Gasteiger partial charge in [0.1, 0.15) is 0 Å². The van der Waals surface area contributed by atoms with Gasteiger partial charge < -0.3 is 0 Å². The maximum Gasteiger partial charge on any atom is 0.169 e. The van der Waals surface area contributed by atoms with Crippen molar-refractivity contribution in [1.29, 1.82) is 0 Å². The molecule has 1 aromatic rings. The van der Waals surface area contributed by atoms with E-state index in [1.165, 1.54) is 12.8 Å². The molecule has 3 heteroatoms. The molecule has 0 aliphatic heterocycles. The minimum absolute atomic E-state index is 0.249. The Hall–Kier alpha value is -1.12. The molecule has 0 radical (unpaired) electrons. The summed E-state index contributed by atoms with van der Waals surface area (Å²) in [6.07, 6.45) is 9.26. The van der Waals surface area contributed by atoms with Gasteiger partial charge >= 0.3 is 0 Å². The van der Waals surface area contributed by atoms with Crippen molar-refractivity contribution in [2.24, 2.45) is 11.8 Å². The first-order chi connectivity index (χ1) is 8.24. The topological polar surface area (TPSA) is 34.9 Å². The smallest absolute Gasteiger partial charge is 0.169 e. The van der Waals surface area contributed by atoms with E-state index in [4.69, 9.17) is 0 Å². The summed E-state index contributed by atoms with van der Waals surface area (Å²) in [6, 6.07) is 0. The van der Waals surface area contributed by atoms with Crippen LogP contribution in [0.15, 0.2) is 12.4 Å². The Kier molecular flexibility index (Phi) is 3.97. The number of aromatic nitrogens is 2. The van der Waals surface area contributed by atoms with Gasteiger partial charge in [-0.15, -0.1) is 0 Å². The van der Waals surface area contributed by atoms with E-state index in [2.05, 4.69) is 18.9 Å². The Morgan fingerprint density at radius 2 is 2.29 bits per heavy atom. The van der Waals surface area contributed by atoms with Gasteiger partial charge in [-0.25, -0.2) is 0 Å². The van der Waals surface area contributed by atoms with Crippen LogP contribution in [0.1, 0.15) is 56.3 Å². The first-order valence-electron chi connectivity index (χ1n) is 6.81. The SMILES string of the molecule is CCCn1cc(C(=O)C2CCC(CC)C2)cn1. The monoisotopic (exact) mass is 234 g/mol. The molecule has 2 rings (SSSR count). The van der Waals surface area contributed by atoms with Gasteiger partial charge in [-0.3, -0.25) is 9.48 Å². The quantitative estimate of drug-likeness (QED) is 0.733. The molecule has 1 heterocycles. The number of carbonyl (C=O) groups is 1. The number of Topliss-reactive ketones (excluding diaryl/α,β-unsaturated/α-hetero) is 1. The summed E-state index contributed by atoms with van der Waals surface area (Å²) < 4.78 is 1.87. The molecule has 2 atom stereocenters. The zero-order valence-electron chi connectivity index (χ0n) is 10.9. The van der Waals surface area contributed by atoms with Crippen LogP contribution in [0.4, 0.5) is 0 Å². The third-order valence-electron chi connectivity index (χ3n) is 3.86. The van der Waals surface area contributed by atoms with Crippen LogP contribution in [-0.4, -0.2) is 15.6 Å². The summed E-state index contributed by atoms with van der Waals surface area (Å²) in [5, 5.41) is 4.23. The van der Waals surface area contributed by atoms with Gasteiger partial charge in [-0.2, -0.15) is 5.10 Å². The van der Waals surface area contributed by atoms with E-state index in [9.17, 15) is 4.79 Å². The lowest BCUT2D eigenvalue weighted by molar-refractivity contribution is 0.0920. The van der Waals surface area contributed by atoms with Crippen LogP contribution in [0.25, 0.3) is 0 Å². The lowest BCUT2D eigenvalue weighted by atomic mass is 9.96. The van der Waals surface area contributed by atoms with Crippen molar-refractivity contribution >= 4 is 5.78 Å². The highest BCUT2D eigenvalue weighted by Gasteiger charge is 2.29. The highest BCUT2D eigenvalue weighted by atomic mass is 16.1.